The van der Waals surface area contributed by atoms with Crippen LogP contribution in [-0.2, 0) is 16.0 Å². The zero-order chi connectivity index (χ0) is 19.1. The van der Waals surface area contributed by atoms with Gasteiger partial charge in [-0.2, -0.15) is 0 Å². The maximum Gasteiger partial charge on any atom is 0.407 e. The minimum Gasteiger partial charge on any atom is -0.508 e. The zero-order valence-electron chi connectivity index (χ0n) is 15.0. The van der Waals surface area contributed by atoms with Gasteiger partial charge in [0.15, 0.2) is 5.43 Å². The highest BCUT2D eigenvalue weighted by Crippen LogP contribution is 2.24. The lowest BCUT2D eigenvalue weighted by Crippen LogP contribution is -2.27. The van der Waals surface area contributed by atoms with Crippen molar-refractivity contribution in [2.24, 2.45) is 5.92 Å². The van der Waals surface area contributed by atoms with Crippen LogP contribution >= 0.6 is 0 Å². The first kappa shape index (κ1) is 19.5. The van der Waals surface area contributed by atoms with E-state index < -0.39 is 6.09 Å². The van der Waals surface area contributed by atoms with E-state index in [0.29, 0.717) is 23.6 Å². The Morgan fingerprint density at radius 2 is 2.15 bits per heavy atom. The van der Waals surface area contributed by atoms with Crippen molar-refractivity contribution in [3.63, 3.8) is 0 Å². The fourth-order valence-electron chi connectivity index (χ4n) is 2.78. The Kier molecular flexibility index (Phi) is 6.77. The van der Waals surface area contributed by atoms with E-state index >= 15 is 0 Å². The highest BCUT2D eigenvalue weighted by Gasteiger charge is 2.10. The number of hydrogen-bond donors (Lipinski definition) is 3. The van der Waals surface area contributed by atoms with Gasteiger partial charge in [-0.1, -0.05) is 6.92 Å². The van der Waals surface area contributed by atoms with Crippen LogP contribution in [0.3, 0.4) is 0 Å². The van der Waals surface area contributed by atoms with E-state index in [9.17, 15) is 19.5 Å². The maximum absolute atomic E-state index is 12.1. The van der Waals surface area contributed by atoms with Crippen LogP contribution in [-0.4, -0.2) is 35.6 Å². The Morgan fingerprint density at radius 1 is 1.38 bits per heavy atom. The fraction of sp³-hybridized carbons (Fsp3) is 0.421. The summed E-state index contributed by atoms with van der Waals surface area (Å²) in [6.45, 7) is 3.95. The van der Waals surface area contributed by atoms with Gasteiger partial charge in [-0.15, -0.1) is 0 Å². The zero-order valence-corrected chi connectivity index (χ0v) is 15.0. The monoisotopic (exact) mass is 360 g/mol. The minimum atomic E-state index is -0.606. The molecule has 0 spiro atoms. The molecule has 1 amide bonds. The molecule has 7 heteroatoms. The Balaban J connectivity index is 1.89. The number of aromatic hydroxyl groups is 1. The molecular weight excluding hydrogens is 336 g/mol. The molecule has 1 aromatic carbocycles. The predicted molar refractivity (Wildman–Crippen MR) is 98.5 cm³/mol. The number of phenolic OH excluding ortho intramolecular Hbond substituents is 1. The number of hydrogen-bond acceptors (Lipinski definition) is 5. The molecule has 3 N–H and O–H groups in total. The standard InChI is InChI=1S/C19H24N2O5/c1-12(11-26-19(25)20-6-7-22)4-3-5-14-9-15-16(10-17(14)23)21-13(2)8-18(15)24/h7-10,12,23H,3-6,11H2,1-2H3,(H,20,25)(H,21,24). The summed E-state index contributed by atoms with van der Waals surface area (Å²) >= 11 is 0. The largest absolute Gasteiger partial charge is 0.508 e. The van der Waals surface area contributed by atoms with Gasteiger partial charge < -0.3 is 24.9 Å². The maximum atomic E-state index is 12.1. The number of carbonyl (C=O) groups is 2. The summed E-state index contributed by atoms with van der Waals surface area (Å²) in [5, 5.41) is 13.1. The summed E-state index contributed by atoms with van der Waals surface area (Å²) in [4.78, 5) is 36.6. The molecule has 140 valence electrons. The highest BCUT2D eigenvalue weighted by molar-refractivity contribution is 5.81. The van der Waals surface area contributed by atoms with Crippen LogP contribution in [0.1, 0.15) is 31.0 Å². The van der Waals surface area contributed by atoms with Crippen LogP contribution < -0.4 is 10.7 Å². The van der Waals surface area contributed by atoms with Gasteiger partial charge in [0.25, 0.3) is 0 Å². The number of alkyl carbamates (subject to hydrolysis) is 1. The summed E-state index contributed by atoms with van der Waals surface area (Å²) in [6, 6.07) is 4.86. The fourth-order valence-corrected chi connectivity index (χ4v) is 2.78. The molecule has 2 aromatic rings. The third-order valence-electron chi connectivity index (χ3n) is 4.14. The van der Waals surface area contributed by atoms with E-state index in [2.05, 4.69) is 10.3 Å². The molecule has 1 unspecified atom stereocenters. The quantitative estimate of drug-likeness (QED) is 0.627. The first-order valence-corrected chi connectivity index (χ1v) is 8.60. The molecule has 1 atom stereocenters. The minimum absolute atomic E-state index is 0.0624. The summed E-state index contributed by atoms with van der Waals surface area (Å²) in [6.07, 6.45) is 2.18. The van der Waals surface area contributed by atoms with Crippen LogP contribution in [0.15, 0.2) is 23.0 Å². The van der Waals surface area contributed by atoms with Crippen molar-refractivity contribution in [2.45, 2.75) is 33.1 Å². The lowest BCUT2D eigenvalue weighted by molar-refractivity contribution is -0.107. The number of carbonyl (C=O) groups excluding carboxylic acids is 2. The number of pyridine rings is 1. The second-order valence-electron chi connectivity index (χ2n) is 6.49. The van der Waals surface area contributed by atoms with E-state index in [1.807, 2.05) is 6.92 Å². The van der Waals surface area contributed by atoms with Gasteiger partial charge in [0.05, 0.1) is 18.7 Å². The van der Waals surface area contributed by atoms with Crippen molar-refractivity contribution in [1.82, 2.24) is 10.3 Å². The Morgan fingerprint density at radius 3 is 2.88 bits per heavy atom. The number of phenols is 1. The summed E-state index contributed by atoms with van der Waals surface area (Å²) in [7, 11) is 0. The first-order chi connectivity index (χ1) is 12.4. The van der Waals surface area contributed by atoms with Crippen LogP contribution in [0, 0.1) is 12.8 Å². The number of benzene rings is 1. The number of aromatic amines is 1. The van der Waals surface area contributed by atoms with E-state index in [1.165, 1.54) is 6.07 Å². The number of aldehydes is 1. The Labute approximate surface area is 151 Å². The normalized spacial score (nSPS) is 11.9. The number of aromatic nitrogens is 1. The van der Waals surface area contributed by atoms with Gasteiger partial charge >= 0.3 is 6.09 Å². The SMILES string of the molecule is Cc1cc(=O)c2cc(CCCC(C)COC(=O)NCC=O)c(O)cc2[nH]1. The molecule has 0 bridgehead atoms. The predicted octanol–water partition coefficient (Wildman–Crippen LogP) is 2.43. The third kappa shape index (κ3) is 5.34. The van der Waals surface area contributed by atoms with Crippen molar-refractivity contribution in [3.05, 3.63) is 39.7 Å². The molecule has 26 heavy (non-hydrogen) atoms. The van der Waals surface area contributed by atoms with Crippen molar-refractivity contribution in [2.75, 3.05) is 13.2 Å². The van der Waals surface area contributed by atoms with Crippen molar-refractivity contribution >= 4 is 23.3 Å². The molecule has 0 saturated carbocycles. The molecule has 0 saturated heterocycles. The molecule has 1 aromatic heterocycles. The van der Waals surface area contributed by atoms with Gasteiger partial charge in [-0.25, -0.2) is 4.79 Å². The Hall–Kier alpha value is -2.83. The average Bonchev–Trinajstić information content (AvgIpc) is 2.58. The van der Waals surface area contributed by atoms with Crippen molar-refractivity contribution in [3.8, 4) is 5.75 Å². The molecule has 7 nitrogen and oxygen atoms in total. The molecule has 0 aliphatic rings. The number of nitrogens with one attached hydrogen (secondary N) is 2. The summed E-state index contributed by atoms with van der Waals surface area (Å²) in [5.41, 5.74) is 2.03. The number of ether oxygens (including phenoxy) is 1. The van der Waals surface area contributed by atoms with Gasteiger partial charge in [0.1, 0.15) is 12.0 Å². The number of aryl methyl sites for hydroxylation is 2. The van der Waals surface area contributed by atoms with Crippen molar-refractivity contribution < 1.29 is 19.4 Å². The Bertz CT molecular complexity index is 844. The molecule has 0 radical (unpaired) electrons. The second-order valence-corrected chi connectivity index (χ2v) is 6.49. The lowest BCUT2D eigenvalue weighted by atomic mass is 9.99. The summed E-state index contributed by atoms with van der Waals surface area (Å²) in [5.74, 6) is 0.307. The van der Waals surface area contributed by atoms with Crippen LogP contribution in [0.25, 0.3) is 10.9 Å². The highest BCUT2D eigenvalue weighted by atomic mass is 16.5. The third-order valence-corrected chi connectivity index (χ3v) is 4.14. The number of fused-ring (bicyclic) bond motifs is 1. The molecule has 0 fully saturated rings. The number of H-pyrrole nitrogens is 1. The molecule has 1 heterocycles. The lowest BCUT2D eigenvalue weighted by Gasteiger charge is -2.13. The topological polar surface area (TPSA) is 108 Å². The molecule has 0 aliphatic heterocycles. The van der Waals surface area contributed by atoms with E-state index in [1.54, 1.807) is 19.1 Å². The first-order valence-electron chi connectivity index (χ1n) is 8.60. The smallest absolute Gasteiger partial charge is 0.407 e. The van der Waals surface area contributed by atoms with Gasteiger partial charge in [-0.3, -0.25) is 4.79 Å². The number of rotatable bonds is 8. The molecular formula is C19H24N2O5. The van der Waals surface area contributed by atoms with E-state index in [0.717, 1.165) is 24.1 Å². The van der Waals surface area contributed by atoms with Crippen LogP contribution in [0.4, 0.5) is 4.79 Å². The van der Waals surface area contributed by atoms with Crippen LogP contribution in [0.2, 0.25) is 0 Å². The van der Waals surface area contributed by atoms with Gasteiger partial charge in [0.2, 0.25) is 0 Å². The summed E-state index contributed by atoms with van der Waals surface area (Å²) < 4.78 is 5.01. The van der Waals surface area contributed by atoms with Gasteiger partial charge in [-0.05, 0) is 43.7 Å². The second kappa shape index (κ2) is 9.03. The van der Waals surface area contributed by atoms with E-state index in [-0.39, 0.29) is 30.2 Å². The van der Waals surface area contributed by atoms with Gasteiger partial charge in [0, 0.05) is 23.2 Å². The molecule has 2 rings (SSSR count). The van der Waals surface area contributed by atoms with Crippen LogP contribution in [0.5, 0.6) is 5.75 Å². The number of amides is 1. The molecule has 0 aliphatic carbocycles. The van der Waals surface area contributed by atoms with Crippen molar-refractivity contribution in [1.29, 1.82) is 0 Å². The van der Waals surface area contributed by atoms with E-state index in [4.69, 9.17) is 4.74 Å². The average molecular weight is 360 g/mol.